The van der Waals surface area contributed by atoms with E-state index in [-0.39, 0.29) is 11.3 Å². The molecule has 0 bridgehead atoms. The van der Waals surface area contributed by atoms with E-state index in [4.69, 9.17) is 0 Å². The van der Waals surface area contributed by atoms with Crippen molar-refractivity contribution in [2.45, 2.75) is 19.9 Å². The molecule has 0 spiro atoms. The number of methoxy groups -OCH3 is 1. The van der Waals surface area contributed by atoms with Gasteiger partial charge in [-0.05, 0) is 25.5 Å². The van der Waals surface area contributed by atoms with Crippen molar-refractivity contribution in [2.24, 2.45) is 0 Å². The zero-order valence-electron chi connectivity index (χ0n) is 9.30. The van der Waals surface area contributed by atoms with Gasteiger partial charge in [0.15, 0.2) is 0 Å². The van der Waals surface area contributed by atoms with Gasteiger partial charge in [0.1, 0.15) is 17.7 Å². The Morgan fingerprint density at radius 2 is 2.00 bits per heavy atom. The maximum atomic E-state index is 13.4. The van der Waals surface area contributed by atoms with Crippen LogP contribution in [0.4, 0.5) is 14.5 Å². The van der Waals surface area contributed by atoms with Gasteiger partial charge in [-0.2, -0.15) is 0 Å². The summed E-state index contributed by atoms with van der Waals surface area (Å²) in [5.41, 5.74) is 0.162. The molecular weight excluding hydrogens is 216 g/mol. The number of hydrogen-bond acceptors (Lipinski definition) is 3. The summed E-state index contributed by atoms with van der Waals surface area (Å²) in [7, 11) is 1.23. The van der Waals surface area contributed by atoms with Gasteiger partial charge in [-0.25, -0.2) is 13.6 Å². The summed E-state index contributed by atoms with van der Waals surface area (Å²) < 4.78 is 31.0. The van der Waals surface area contributed by atoms with Crippen LogP contribution in [0.2, 0.25) is 0 Å². The van der Waals surface area contributed by atoms with Gasteiger partial charge in [0, 0.05) is 6.07 Å². The molecule has 1 unspecified atom stereocenters. The minimum Gasteiger partial charge on any atom is -0.467 e. The van der Waals surface area contributed by atoms with Crippen LogP contribution in [0.1, 0.15) is 12.5 Å². The van der Waals surface area contributed by atoms with E-state index in [2.05, 4.69) is 10.1 Å². The molecule has 0 aliphatic heterocycles. The molecule has 1 atom stereocenters. The number of rotatable bonds is 3. The molecule has 1 aromatic carbocycles. The van der Waals surface area contributed by atoms with Gasteiger partial charge in [-0.1, -0.05) is 0 Å². The zero-order valence-corrected chi connectivity index (χ0v) is 9.30. The molecule has 1 aromatic rings. The second-order valence-corrected chi connectivity index (χ2v) is 3.47. The summed E-state index contributed by atoms with van der Waals surface area (Å²) in [6.07, 6.45) is 0. The molecule has 5 heteroatoms. The summed E-state index contributed by atoms with van der Waals surface area (Å²) in [6.45, 7) is 2.97. The minimum atomic E-state index is -0.735. The number of benzene rings is 1. The Morgan fingerprint density at radius 3 is 2.56 bits per heavy atom. The van der Waals surface area contributed by atoms with Crippen LogP contribution in [0.5, 0.6) is 0 Å². The first-order valence-corrected chi connectivity index (χ1v) is 4.75. The van der Waals surface area contributed by atoms with E-state index in [0.717, 1.165) is 12.1 Å². The van der Waals surface area contributed by atoms with Crippen LogP contribution in [0.25, 0.3) is 0 Å². The van der Waals surface area contributed by atoms with Gasteiger partial charge in [0.25, 0.3) is 0 Å². The average Bonchev–Trinajstić information content (AvgIpc) is 2.24. The molecular formula is C11H13F2NO2. The first-order valence-electron chi connectivity index (χ1n) is 4.75. The maximum absolute atomic E-state index is 13.4. The number of esters is 1. The fourth-order valence-electron chi connectivity index (χ4n) is 1.23. The molecule has 1 N–H and O–H groups in total. The van der Waals surface area contributed by atoms with E-state index in [1.165, 1.54) is 21.0 Å². The molecule has 0 aliphatic carbocycles. The monoisotopic (exact) mass is 229 g/mol. The van der Waals surface area contributed by atoms with Crippen LogP contribution in [-0.4, -0.2) is 19.1 Å². The third-order valence-electron chi connectivity index (χ3n) is 2.18. The fraction of sp³-hybridized carbons (Fsp3) is 0.364. The van der Waals surface area contributed by atoms with Crippen LogP contribution >= 0.6 is 0 Å². The van der Waals surface area contributed by atoms with Gasteiger partial charge >= 0.3 is 5.97 Å². The normalized spacial score (nSPS) is 12.1. The predicted molar refractivity (Wildman–Crippen MR) is 56.2 cm³/mol. The summed E-state index contributed by atoms with van der Waals surface area (Å²) in [5.74, 6) is -1.67. The molecule has 0 radical (unpaired) electrons. The number of anilines is 1. The first kappa shape index (κ1) is 12.4. The molecule has 88 valence electrons. The second-order valence-electron chi connectivity index (χ2n) is 3.47. The number of hydrogen-bond donors (Lipinski definition) is 1. The first-order chi connectivity index (χ1) is 7.45. The summed E-state index contributed by atoms with van der Waals surface area (Å²) >= 11 is 0. The molecule has 0 heterocycles. The Labute approximate surface area is 92.4 Å². The average molecular weight is 229 g/mol. The van der Waals surface area contributed by atoms with Gasteiger partial charge in [-0.15, -0.1) is 0 Å². The Kier molecular flexibility index (Phi) is 3.82. The summed E-state index contributed by atoms with van der Waals surface area (Å²) in [6, 6.07) is 1.35. The number of ether oxygens (including phenoxy) is 1. The highest BCUT2D eigenvalue weighted by atomic mass is 19.1. The van der Waals surface area contributed by atoms with Crippen LogP contribution in [0.3, 0.4) is 0 Å². The smallest absolute Gasteiger partial charge is 0.327 e. The predicted octanol–water partition coefficient (Wildman–Crippen LogP) is 2.25. The van der Waals surface area contributed by atoms with Crippen LogP contribution in [0, 0.1) is 18.6 Å². The molecule has 0 saturated carbocycles. The number of nitrogens with one attached hydrogen (secondary N) is 1. The Hall–Kier alpha value is -1.65. The highest BCUT2D eigenvalue weighted by molar-refractivity contribution is 5.78. The molecule has 0 aromatic heterocycles. The Morgan fingerprint density at radius 1 is 1.38 bits per heavy atom. The topological polar surface area (TPSA) is 38.3 Å². The van der Waals surface area contributed by atoms with Crippen molar-refractivity contribution in [1.29, 1.82) is 0 Å². The molecule has 0 saturated heterocycles. The third kappa shape index (κ3) is 2.68. The van der Waals surface area contributed by atoms with E-state index >= 15 is 0 Å². The quantitative estimate of drug-likeness (QED) is 0.808. The van der Waals surface area contributed by atoms with Crippen LogP contribution in [-0.2, 0) is 9.53 Å². The highest BCUT2D eigenvalue weighted by Gasteiger charge is 2.15. The third-order valence-corrected chi connectivity index (χ3v) is 2.18. The fourth-order valence-corrected chi connectivity index (χ4v) is 1.23. The van der Waals surface area contributed by atoms with Crippen LogP contribution in [0.15, 0.2) is 12.1 Å². The molecule has 0 amide bonds. The lowest BCUT2D eigenvalue weighted by molar-refractivity contribution is -0.141. The number of halogens is 2. The lowest BCUT2D eigenvalue weighted by Crippen LogP contribution is -2.27. The number of aryl methyl sites for hydroxylation is 1. The van der Waals surface area contributed by atoms with E-state index in [9.17, 15) is 13.6 Å². The highest BCUT2D eigenvalue weighted by Crippen LogP contribution is 2.19. The number of carbonyl (C=O) groups is 1. The van der Waals surface area contributed by atoms with Gasteiger partial charge < -0.3 is 10.1 Å². The van der Waals surface area contributed by atoms with Gasteiger partial charge in [-0.3, -0.25) is 0 Å². The maximum Gasteiger partial charge on any atom is 0.327 e. The van der Waals surface area contributed by atoms with Crippen molar-refractivity contribution in [3.63, 3.8) is 0 Å². The van der Waals surface area contributed by atoms with E-state index in [1.807, 2.05) is 0 Å². The minimum absolute atomic E-state index is 0.0546. The van der Waals surface area contributed by atoms with Crippen LogP contribution < -0.4 is 5.32 Å². The molecule has 3 nitrogen and oxygen atoms in total. The molecule has 0 aliphatic rings. The van der Waals surface area contributed by atoms with E-state index in [1.54, 1.807) is 0 Å². The standard InChI is InChI=1S/C11H13F2NO2/c1-6-4-9(13)10(5-8(6)12)14-7(2)11(15)16-3/h4-5,7,14H,1-3H3. The molecule has 0 fully saturated rings. The van der Waals surface area contributed by atoms with Crippen molar-refractivity contribution in [3.8, 4) is 0 Å². The summed E-state index contributed by atoms with van der Waals surface area (Å²) in [4.78, 5) is 11.1. The molecule has 1 rings (SSSR count). The Bertz CT molecular complexity index is 407. The van der Waals surface area contributed by atoms with Crippen molar-refractivity contribution in [3.05, 3.63) is 29.3 Å². The SMILES string of the molecule is COC(=O)C(C)Nc1cc(F)c(C)cc1F. The van der Waals surface area contributed by atoms with Gasteiger partial charge in [0.05, 0.1) is 12.8 Å². The number of carbonyl (C=O) groups excluding carboxylic acids is 1. The molecule has 16 heavy (non-hydrogen) atoms. The van der Waals surface area contributed by atoms with Crippen molar-refractivity contribution < 1.29 is 18.3 Å². The lowest BCUT2D eigenvalue weighted by Gasteiger charge is -2.14. The summed E-state index contributed by atoms with van der Waals surface area (Å²) in [5, 5.41) is 2.54. The van der Waals surface area contributed by atoms with E-state index < -0.39 is 23.6 Å². The van der Waals surface area contributed by atoms with Crippen molar-refractivity contribution in [1.82, 2.24) is 0 Å². The van der Waals surface area contributed by atoms with Gasteiger partial charge in [0.2, 0.25) is 0 Å². The van der Waals surface area contributed by atoms with Crippen molar-refractivity contribution in [2.75, 3.05) is 12.4 Å². The lowest BCUT2D eigenvalue weighted by atomic mass is 10.2. The Balaban J connectivity index is 2.89. The zero-order chi connectivity index (χ0) is 12.3. The second kappa shape index (κ2) is 4.92. The van der Waals surface area contributed by atoms with E-state index in [0.29, 0.717) is 0 Å². The largest absolute Gasteiger partial charge is 0.467 e. The van der Waals surface area contributed by atoms with Crippen molar-refractivity contribution >= 4 is 11.7 Å².